The van der Waals surface area contributed by atoms with Crippen molar-refractivity contribution in [3.63, 3.8) is 0 Å². The molecule has 27 nitrogen and oxygen atoms in total. The van der Waals surface area contributed by atoms with Crippen molar-refractivity contribution < 1.29 is 134 Å². The molecule has 26 atom stereocenters. The van der Waals surface area contributed by atoms with Crippen LogP contribution in [0.1, 0.15) is 20.3 Å². The van der Waals surface area contributed by atoms with Crippen LogP contribution in [0.4, 0.5) is 0 Å². The topological polar surface area (TPSA) is 436 Å². The third kappa shape index (κ3) is 10.8. The molecule has 0 bridgehead atoms. The molecule has 5 aliphatic rings. The number of carboxylic acid groups (broad SMARTS) is 1. The number of aliphatic carboxylic acids is 1. The molecule has 0 aromatic heterocycles. The highest BCUT2D eigenvalue weighted by Crippen LogP contribution is 2.40. The van der Waals surface area contributed by atoms with E-state index >= 15 is 0 Å². The molecule has 5 aliphatic heterocycles. The molecule has 0 amide bonds. The number of aliphatic hydroxyl groups is 15. The molecule has 63 heavy (non-hydrogen) atoms. The molecule has 5 fully saturated rings. The molecule has 5 heterocycles. The Morgan fingerprint density at radius 2 is 1.10 bits per heavy atom. The van der Waals surface area contributed by atoms with Crippen LogP contribution < -0.4 is 5.11 Å². The lowest BCUT2D eigenvalue weighted by Gasteiger charge is -2.52. The van der Waals surface area contributed by atoms with Crippen LogP contribution in [0, 0.1) is 5.92 Å². The van der Waals surface area contributed by atoms with Gasteiger partial charge in [-0.1, -0.05) is 6.92 Å². The number of aliphatic hydroxyl groups excluding tert-OH is 15. The van der Waals surface area contributed by atoms with Gasteiger partial charge in [-0.15, -0.1) is 0 Å². The highest BCUT2D eigenvalue weighted by molar-refractivity contribution is 5.73. The minimum atomic E-state index is -3.10. The van der Waals surface area contributed by atoms with E-state index < -0.39 is 204 Å². The summed E-state index contributed by atoms with van der Waals surface area (Å²) in [6.07, 6.45) is -44.7. The molecule has 0 spiro atoms. The monoisotopic (exact) mass is 925 g/mol. The Labute approximate surface area is 358 Å². The van der Waals surface area contributed by atoms with E-state index in [-0.39, 0.29) is 0 Å². The molecular formula is C36H61O27-. The van der Waals surface area contributed by atoms with E-state index in [0.29, 0.717) is 0 Å². The van der Waals surface area contributed by atoms with Gasteiger partial charge in [0.25, 0.3) is 0 Å². The van der Waals surface area contributed by atoms with E-state index in [1.165, 1.54) is 21.0 Å². The van der Waals surface area contributed by atoms with Crippen molar-refractivity contribution in [2.75, 3.05) is 40.1 Å². The Morgan fingerprint density at radius 3 is 1.57 bits per heavy atom. The van der Waals surface area contributed by atoms with Gasteiger partial charge in [-0.25, -0.2) is 0 Å². The van der Waals surface area contributed by atoms with Crippen LogP contribution in [-0.4, -0.2) is 276 Å². The molecule has 0 aromatic rings. The zero-order valence-corrected chi connectivity index (χ0v) is 34.3. The van der Waals surface area contributed by atoms with Crippen LogP contribution >= 0.6 is 0 Å². The van der Waals surface area contributed by atoms with E-state index in [0.717, 1.165) is 0 Å². The predicted octanol–water partition coefficient (Wildman–Crippen LogP) is -11.1. The van der Waals surface area contributed by atoms with Crippen LogP contribution in [0.5, 0.6) is 0 Å². The Morgan fingerprint density at radius 1 is 0.635 bits per heavy atom. The maximum atomic E-state index is 12.7. The maximum Gasteiger partial charge on any atom is 0.212 e. The zero-order valence-electron chi connectivity index (χ0n) is 34.3. The fraction of sp³-hybridized carbons (Fsp3) is 0.972. The van der Waals surface area contributed by atoms with Crippen LogP contribution in [0.25, 0.3) is 0 Å². The third-order valence-electron chi connectivity index (χ3n) is 12.1. The summed E-state index contributed by atoms with van der Waals surface area (Å²) in [4.78, 5) is 12.7. The number of hydrogen-bond donors (Lipinski definition) is 15. The summed E-state index contributed by atoms with van der Waals surface area (Å²) < 4.78 is 56.0. The number of carboxylic acids is 1. The maximum absolute atomic E-state index is 12.7. The van der Waals surface area contributed by atoms with E-state index in [9.17, 15) is 86.5 Å². The molecule has 5 saturated heterocycles. The number of rotatable bonds is 17. The van der Waals surface area contributed by atoms with E-state index in [4.69, 9.17) is 47.4 Å². The average molecular weight is 926 g/mol. The fourth-order valence-corrected chi connectivity index (χ4v) is 8.25. The minimum Gasteiger partial charge on any atom is -0.544 e. The second-order valence-electron chi connectivity index (χ2n) is 16.3. The smallest absolute Gasteiger partial charge is 0.212 e. The molecule has 27 heteroatoms. The van der Waals surface area contributed by atoms with Gasteiger partial charge in [0.15, 0.2) is 18.9 Å². The molecule has 0 aromatic carbocycles. The molecule has 0 radical (unpaired) electrons. The number of carbonyl (C=O) groups is 1. The molecule has 368 valence electrons. The van der Waals surface area contributed by atoms with Gasteiger partial charge in [0.05, 0.1) is 51.3 Å². The molecule has 0 aliphatic carbocycles. The SMILES string of the molecule is COCC1O[C@@H](O[C@@H]2C(O)[C@H](O[C@@H]3C(CO)O[C@@H](C)C(O)[C@H]3O)OC(CO)[C@@H]2O)C(O)[C@@H](O[C@@H]2OC(CO)[C@H](O)[C@H](O[C@]3(C(=O)[O-])C[C@@H](O)[C@@H](C)C(C(O)C(O)CO)O3)C2O)[C@@H]1O. The van der Waals surface area contributed by atoms with Crippen molar-refractivity contribution >= 4 is 5.97 Å². The van der Waals surface area contributed by atoms with Crippen molar-refractivity contribution in [3.05, 3.63) is 0 Å². The first kappa shape index (κ1) is 52.4. The fourth-order valence-electron chi connectivity index (χ4n) is 8.25. The summed E-state index contributed by atoms with van der Waals surface area (Å²) in [6, 6.07) is 0. The van der Waals surface area contributed by atoms with Crippen molar-refractivity contribution in [3.8, 4) is 0 Å². The van der Waals surface area contributed by atoms with Gasteiger partial charge in [-0.3, -0.25) is 0 Å². The molecule has 11 unspecified atom stereocenters. The first-order chi connectivity index (χ1) is 29.7. The lowest BCUT2D eigenvalue weighted by molar-refractivity contribution is -0.415. The van der Waals surface area contributed by atoms with Crippen LogP contribution in [-0.2, 0) is 52.2 Å². The van der Waals surface area contributed by atoms with Gasteiger partial charge in [-0.05, 0) is 6.92 Å². The number of methoxy groups -OCH3 is 1. The van der Waals surface area contributed by atoms with Crippen LogP contribution in [0.2, 0.25) is 0 Å². The van der Waals surface area contributed by atoms with Crippen LogP contribution in [0.3, 0.4) is 0 Å². The summed E-state index contributed by atoms with van der Waals surface area (Å²) >= 11 is 0. The van der Waals surface area contributed by atoms with Gasteiger partial charge < -0.3 is 134 Å². The summed E-state index contributed by atoms with van der Waals surface area (Å²) in [5.41, 5.74) is 0. The summed E-state index contributed by atoms with van der Waals surface area (Å²) in [5.74, 6) is -6.38. The van der Waals surface area contributed by atoms with Crippen molar-refractivity contribution in [2.24, 2.45) is 5.92 Å². The number of hydrogen-bond acceptors (Lipinski definition) is 27. The summed E-state index contributed by atoms with van der Waals surface area (Å²) in [5, 5.41) is 173. The third-order valence-corrected chi connectivity index (χ3v) is 12.1. The van der Waals surface area contributed by atoms with Crippen molar-refractivity contribution in [1.29, 1.82) is 0 Å². The zero-order chi connectivity index (χ0) is 46.8. The Balaban J connectivity index is 1.39. The van der Waals surface area contributed by atoms with Gasteiger partial charge in [0.1, 0.15) is 116 Å². The van der Waals surface area contributed by atoms with Gasteiger partial charge in [-0.2, -0.15) is 0 Å². The summed E-state index contributed by atoms with van der Waals surface area (Å²) in [7, 11) is 1.20. The largest absolute Gasteiger partial charge is 0.544 e. The second kappa shape index (κ2) is 22.1. The first-order valence-corrected chi connectivity index (χ1v) is 20.3. The number of ether oxygens (including phenoxy) is 10. The Hall–Kier alpha value is -1.53. The predicted molar refractivity (Wildman–Crippen MR) is 192 cm³/mol. The Kier molecular flexibility index (Phi) is 18.4. The van der Waals surface area contributed by atoms with E-state index in [2.05, 4.69) is 0 Å². The lowest BCUT2D eigenvalue weighted by Crippen LogP contribution is -2.70. The molecular weight excluding hydrogens is 864 g/mol. The lowest BCUT2D eigenvalue weighted by atomic mass is 9.84. The second-order valence-corrected chi connectivity index (χ2v) is 16.3. The van der Waals surface area contributed by atoms with Crippen molar-refractivity contribution in [1.82, 2.24) is 0 Å². The van der Waals surface area contributed by atoms with E-state index in [1.807, 2.05) is 0 Å². The minimum absolute atomic E-state index is 0.456. The highest BCUT2D eigenvalue weighted by Gasteiger charge is 2.58. The number of carbonyl (C=O) groups excluding carboxylic acids is 1. The summed E-state index contributed by atoms with van der Waals surface area (Å²) in [6.45, 7) is -1.42. The van der Waals surface area contributed by atoms with Gasteiger partial charge >= 0.3 is 0 Å². The average Bonchev–Trinajstić information content (AvgIpc) is 3.25. The quantitative estimate of drug-likeness (QED) is 0.0644. The first-order valence-electron chi connectivity index (χ1n) is 20.3. The molecule has 5 rings (SSSR count). The van der Waals surface area contributed by atoms with Gasteiger partial charge in [0.2, 0.25) is 5.79 Å². The molecule has 0 saturated carbocycles. The van der Waals surface area contributed by atoms with Gasteiger partial charge in [0, 0.05) is 19.4 Å². The van der Waals surface area contributed by atoms with Crippen LogP contribution in [0.15, 0.2) is 0 Å². The van der Waals surface area contributed by atoms with Crippen molar-refractivity contribution in [2.45, 2.75) is 173 Å². The Bertz CT molecular complexity index is 1430. The standard InChI is InChI=1S/C36H62O27/c1-10-12(41)4-36(35(52)53,62-27(10)19(44)13(42)5-37)63-31-21(46)15(7-39)57-34(26(31)51)61-30-22(47)17(9-54-3)58-33(25(30)50)60-29-20(45)14(6-38)56-32(24(29)49)59-28-16(8-40)55-11(2)18(43)23(28)48/h10-34,37-51H,4-9H2,1-3H3,(H,52,53)/p-1/t10-,11+,12-,13?,14?,15?,16?,17?,18?,19?,20+,21+,22-,23-,24?,25?,26?,27?,28-,29+,30+,31+,32+,33+,34+,36+/m1/s1. The van der Waals surface area contributed by atoms with E-state index in [1.54, 1.807) is 0 Å². The molecule has 15 N–H and O–H groups in total. The normalized spacial score (nSPS) is 49.6. The highest BCUT2D eigenvalue weighted by atomic mass is 16.8.